The predicted molar refractivity (Wildman–Crippen MR) is 110 cm³/mol. The van der Waals surface area contributed by atoms with Crippen molar-refractivity contribution in [3.8, 4) is 0 Å². The van der Waals surface area contributed by atoms with Gasteiger partial charge >= 0.3 is 6.03 Å². The number of aryl methyl sites for hydroxylation is 1. The third kappa shape index (κ3) is 5.55. The van der Waals surface area contributed by atoms with Crippen LogP contribution in [-0.2, 0) is 21.2 Å². The van der Waals surface area contributed by atoms with E-state index >= 15 is 0 Å². The van der Waals surface area contributed by atoms with Crippen LogP contribution in [0, 0.1) is 6.92 Å². The molecule has 1 atom stereocenters. The Kier molecular flexibility index (Phi) is 6.19. The molecule has 3 amide bonds. The zero-order valence-electron chi connectivity index (χ0n) is 16.1. The van der Waals surface area contributed by atoms with Crippen LogP contribution in [0.15, 0.2) is 53.4 Å². The van der Waals surface area contributed by atoms with Gasteiger partial charge < -0.3 is 15.5 Å². The van der Waals surface area contributed by atoms with Gasteiger partial charge in [0.05, 0.1) is 10.9 Å². The third-order valence-electron chi connectivity index (χ3n) is 4.76. The summed E-state index contributed by atoms with van der Waals surface area (Å²) in [7, 11) is -3.71. The Morgan fingerprint density at radius 2 is 1.79 bits per heavy atom. The lowest BCUT2D eigenvalue weighted by Gasteiger charge is -2.17. The number of primary sulfonamides is 1. The van der Waals surface area contributed by atoms with E-state index in [1.165, 1.54) is 12.1 Å². The normalized spacial score (nSPS) is 16.7. The van der Waals surface area contributed by atoms with E-state index in [0.717, 1.165) is 16.8 Å². The highest BCUT2D eigenvalue weighted by atomic mass is 32.2. The molecule has 0 bridgehead atoms. The van der Waals surface area contributed by atoms with E-state index < -0.39 is 10.0 Å². The van der Waals surface area contributed by atoms with Crippen LogP contribution in [0.1, 0.15) is 17.5 Å². The van der Waals surface area contributed by atoms with Gasteiger partial charge in [0.15, 0.2) is 0 Å². The highest BCUT2D eigenvalue weighted by Gasteiger charge is 2.31. The van der Waals surface area contributed by atoms with Crippen LogP contribution < -0.4 is 20.7 Å². The first kappa shape index (κ1) is 20.8. The Bertz CT molecular complexity index is 988. The summed E-state index contributed by atoms with van der Waals surface area (Å²) in [6, 6.07) is 13.3. The van der Waals surface area contributed by atoms with E-state index in [9.17, 15) is 18.0 Å². The number of urea groups is 1. The second-order valence-electron chi connectivity index (χ2n) is 7.08. The molecule has 0 spiro atoms. The average Bonchev–Trinajstić information content (AvgIpc) is 3.02. The van der Waals surface area contributed by atoms with Crippen molar-refractivity contribution in [1.82, 2.24) is 10.6 Å². The second kappa shape index (κ2) is 8.62. The standard InChI is InChI=1S/C20H24N4O4S/c1-14-2-6-17(7-3-14)24-13-16(12-19(24)25)23-20(26)22-11-10-15-4-8-18(9-5-15)29(21,27)28/h2-9,16H,10-13H2,1H3,(H2,21,27,28)(H2,22,23,26)/t16-/m1/s1. The molecule has 4 N–H and O–H groups in total. The van der Waals surface area contributed by atoms with Gasteiger partial charge in [-0.05, 0) is 43.2 Å². The molecule has 29 heavy (non-hydrogen) atoms. The molecule has 0 unspecified atom stereocenters. The molecule has 0 saturated carbocycles. The lowest BCUT2D eigenvalue weighted by Crippen LogP contribution is -2.43. The molecule has 1 fully saturated rings. The van der Waals surface area contributed by atoms with Crippen molar-refractivity contribution in [3.63, 3.8) is 0 Å². The number of carbonyl (C=O) groups excluding carboxylic acids is 2. The van der Waals surface area contributed by atoms with Crippen molar-refractivity contribution < 1.29 is 18.0 Å². The maximum Gasteiger partial charge on any atom is 0.315 e. The largest absolute Gasteiger partial charge is 0.338 e. The van der Waals surface area contributed by atoms with Gasteiger partial charge in [-0.1, -0.05) is 29.8 Å². The van der Waals surface area contributed by atoms with Crippen molar-refractivity contribution in [1.29, 1.82) is 0 Å². The number of amides is 3. The zero-order chi connectivity index (χ0) is 21.0. The first-order valence-corrected chi connectivity index (χ1v) is 10.8. The molecule has 1 aliphatic rings. The van der Waals surface area contributed by atoms with Gasteiger partial charge in [-0.25, -0.2) is 18.4 Å². The summed E-state index contributed by atoms with van der Waals surface area (Å²) in [4.78, 5) is 26.1. The number of nitrogens with one attached hydrogen (secondary N) is 2. The van der Waals surface area contributed by atoms with Gasteiger partial charge in [0, 0.05) is 25.2 Å². The minimum absolute atomic E-state index is 0.0194. The maximum atomic E-state index is 12.3. The minimum atomic E-state index is -3.71. The van der Waals surface area contributed by atoms with Crippen LogP contribution in [0.25, 0.3) is 0 Å². The third-order valence-corrected chi connectivity index (χ3v) is 5.69. The number of hydrogen-bond donors (Lipinski definition) is 3. The predicted octanol–water partition coefficient (Wildman–Crippen LogP) is 1.29. The molecule has 8 nitrogen and oxygen atoms in total. The summed E-state index contributed by atoms with van der Waals surface area (Å²) < 4.78 is 22.5. The molecule has 1 heterocycles. The van der Waals surface area contributed by atoms with Gasteiger partial charge in [0.25, 0.3) is 0 Å². The van der Waals surface area contributed by atoms with Crippen molar-refractivity contribution in [3.05, 3.63) is 59.7 Å². The van der Waals surface area contributed by atoms with Gasteiger partial charge in [-0.2, -0.15) is 0 Å². The van der Waals surface area contributed by atoms with E-state index in [4.69, 9.17) is 5.14 Å². The van der Waals surface area contributed by atoms with Gasteiger partial charge in [-0.15, -0.1) is 0 Å². The van der Waals surface area contributed by atoms with Crippen LogP contribution >= 0.6 is 0 Å². The lowest BCUT2D eigenvalue weighted by atomic mass is 10.1. The summed E-state index contributed by atoms with van der Waals surface area (Å²) >= 11 is 0. The van der Waals surface area contributed by atoms with Crippen LogP contribution in [0.3, 0.4) is 0 Å². The Balaban J connectivity index is 1.45. The molecule has 0 aromatic heterocycles. The number of rotatable bonds is 6. The topological polar surface area (TPSA) is 122 Å². The Hall–Kier alpha value is -2.91. The highest BCUT2D eigenvalue weighted by Crippen LogP contribution is 2.21. The summed E-state index contributed by atoms with van der Waals surface area (Å²) in [5, 5.41) is 10.7. The SMILES string of the molecule is Cc1ccc(N2C[C@H](NC(=O)NCCc3ccc(S(N)(=O)=O)cc3)CC2=O)cc1. The fourth-order valence-electron chi connectivity index (χ4n) is 3.18. The second-order valence-corrected chi connectivity index (χ2v) is 8.64. The molecule has 0 radical (unpaired) electrons. The van der Waals surface area contributed by atoms with Crippen LogP contribution in [0.4, 0.5) is 10.5 Å². The van der Waals surface area contributed by atoms with E-state index in [0.29, 0.717) is 19.5 Å². The number of nitrogens with two attached hydrogens (primary N) is 1. The maximum absolute atomic E-state index is 12.3. The molecule has 1 saturated heterocycles. The van der Waals surface area contributed by atoms with Crippen molar-refractivity contribution >= 4 is 27.6 Å². The fraction of sp³-hybridized carbons (Fsp3) is 0.300. The Morgan fingerprint density at radius 3 is 2.41 bits per heavy atom. The van der Waals surface area contributed by atoms with E-state index in [1.807, 2.05) is 31.2 Å². The highest BCUT2D eigenvalue weighted by molar-refractivity contribution is 7.89. The Morgan fingerprint density at radius 1 is 1.14 bits per heavy atom. The fourth-order valence-corrected chi connectivity index (χ4v) is 3.70. The van der Waals surface area contributed by atoms with Crippen molar-refractivity contribution in [2.45, 2.75) is 30.7 Å². The summed E-state index contributed by atoms with van der Waals surface area (Å²) in [6.45, 7) is 2.80. The molecule has 2 aromatic carbocycles. The van der Waals surface area contributed by atoms with Crippen LogP contribution in [0.2, 0.25) is 0 Å². The Labute approximate surface area is 170 Å². The van der Waals surface area contributed by atoms with Crippen molar-refractivity contribution in [2.75, 3.05) is 18.0 Å². The number of hydrogen-bond acceptors (Lipinski definition) is 4. The van der Waals surface area contributed by atoms with E-state index in [1.54, 1.807) is 17.0 Å². The van der Waals surface area contributed by atoms with E-state index in [-0.39, 0.29) is 29.3 Å². The number of anilines is 1. The number of sulfonamides is 1. The molecule has 3 rings (SSSR count). The van der Waals surface area contributed by atoms with Crippen LogP contribution in [-0.4, -0.2) is 39.5 Å². The van der Waals surface area contributed by atoms with Gasteiger partial charge in [0.2, 0.25) is 15.9 Å². The molecule has 2 aromatic rings. The molecular weight excluding hydrogens is 392 g/mol. The summed E-state index contributed by atoms with van der Waals surface area (Å²) in [5.41, 5.74) is 2.82. The number of benzene rings is 2. The molecule has 9 heteroatoms. The summed E-state index contributed by atoms with van der Waals surface area (Å²) in [6.07, 6.45) is 0.799. The molecule has 0 aliphatic carbocycles. The van der Waals surface area contributed by atoms with Crippen molar-refractivity contribution in [2.24, 2.45) is 5.14 Å². The lowest BCUT2D eigenvalue weighted by molar-refractivity contribution is -0.117. The zero-order valence-corrected chi connectivity index (χ0v) is 16.9. The number of carbonyl (C=O) groups is 2. The average molecular weight is 417 g/mol. The molecular formula is C20H24N4O4S. The smallest absolute Gasteiger partial charge is 0.315 e. The van der Waals surface area contributed by atoms with E-state index in [2.05, 4.69) is 10.6 Å². The number of nitrogens with zero attached hydrogens (tertiary/aromatic N) is 1. The monoisotopic (exact) mass is 416 g/mol. The van der Waals surface area contributed by atoms with Gasteiger partial charge in [-0.3, -0.25) is 4.79 Å². The molecule has 154 valence electrons. The first-order chi connectivity index (χ1) is 13.7. The quantitative estimate of drug-likeness (QED) is 0.657. The van der Waals surface area contributed by atoms with Gasteiger partial charge in [0.1, 0.15) is 0 Å². The molecule has 1 aliphatic heterocycles. The first-order valence-electron chi connectivity index (χ1n) is 9.25. The summed E-state index contributed by atoms with van der Waals surface area (Å²) in [5.74, 6) is -0.0194. The van der Waals surface area contributed by atoms with Crippen LogP contribution in [0.5, 0.6) is 0 Å². The minimum Gasteiger partial charge on any atom is -0.338 e.